The van der Waals surface area contributed by atoms with Gasteiger partial charge in [-0.15, -0.1) is 0 Å². The number of nitrogens with one attached hydrogen (secondary N) is 1. The first-order valence-electron chi connectivity index (χ1n) is 6.78. The third-order valence-corrected chi connectivity index (χ3v) is 3.61. The molecule has 1 aromatic carbocycles. The summed E-state index contributed by atoms with van der Waals surface area (Å²) in [6.45, 7) is 2.20. The SMILES string of the molecule is N#CCN1CC(NCc2ccccc2)CC(C(=O)O)C1. The topological polar surface area (TPSA) is 76.4 Å². The number of hydrogen-bond donors (Lipinski definition) is 2. The van der Waals surface area contributed by atoms with E-state index in [2.05, 4.69) is 11.4 Å². The monoisotopic (exact) mass is 273 g/mol. The Morgan fingerprint density at radius 1 is 1.40 bits per heavy atom. The number of carboxylic acid groups (broad SMARTS) is 1. The number of benzene rings is 1. The predicted molar refractivity (Wildman–Crippen MR) is 74.9 cm³/mol. The van der Waals surface area contributed by atoms with Crippen molar-refractivity contribution in [3.63, 3.8) is 0 Å². The quantitative estimate of drug-likeness (QED) is 0.785. The molecule has 1 fully saturated rings. The Morgan fingerprint density at radius 3 is 2.80 bits per heavy atom. The van der Waals surface area contributed by atoms with Gasteiger partial charge in [-0.05, 0) is 12.0 Å². The minimum absolute atomic E-state index is 0.110. The number of nitrogens with zero attached hydrogens (tertiary/aromatic N) is 2. The summed E-state index contributed by atoms with van der Waals surface area (Å²) in [5.74, 6) is -1.18. The maximum absolute atomic E-state index is 11.2. The van der Waals surface area contributed by atoms with Gasteiger partial charge < -0.3 is 10.4 Å². The molecule has 0 aliphatic carbocycles. The summed E-state index contributed by atoms with van der Waals surface area (Å²) in [4.78, 5) is 13.1. The second kappa shape index (κ2) is 7.04. The van der Waals surface area contributed by atoms with Gasteiger partial charge in [-0.25, -0.2) is 0 Å². The van der Waals surface area contributed by atoms with Gasteiger partial charge in [0.2, 0.25) is 0 Å². The number of aliphatic carboxylic acids is 1. The summed E-state index contributed by atoms with van der Waals surface area (Å²) in [6.07, 6.45) is 0.615. The first kappa shape index (κ1) is 14.5. The summed E-state index contributed by atoms with van der Waals surface area (Å²) < 4.78 is 0. The Bertz CT molecular complexity index is 484. The van der Waals surface area contributed by atoms with Crippen LogP contribution in [0.5, 0.6) is 0 Å². The molecule has 2 unspecified atom stereocenters. The number of likely N-dealkylation sites (tertiary alicyclic amines) is 1. The molecule has 2 atom stereocenters. The molecule has 1 aliphatic rings. The normalized spacial score (nSPS) is 23.1. The van der Waals surface area contributed by atoms with Gasteiger partial charge in [0.15, 0.2) is 0 Å². The number of piperidine rings is 1. The summed E-state index contributed by atoms with van der Waals surface area (Å²) in [5, 5.41) is 21.4. The van der Waals surface area contributed by atoms with Gasteiger partial charge in [-0.3, -0.25) is 9.69 Å². The first-order chi connectivity index (χ1) is 9.69. The van der Waals surface area contributed by atoms with Gasteiger partial charge in [-0.1, -0.05) is 30.3 Å². The minimum atomic E-state index is -0.779. The van der Waals surface area contributed by atoms with Gasteiger partial charge >= 0.3 is 5.97 Å². The van der Waals surface area contributed by atoms with Crippen LogP contribution in [0.1, 0.15) is 12.0 Å². The van der Waals surface area contributed by atoms with Gasteiger partial charge in [0.25, 0.3) is 0 Å². The van der Waals surface area contributed by atoms with Crippen molar-refractivity contribution in [1.29, 1.82) is 5.26 Å². The third kappa shape index (κ3) is 4.05. The molecule has 20 heavy (non-hydrogen) atoms. The van der Waals surface area contributed by atoms with Crippen molar-refractivity contribution in [1.82, 2.24) is 10.2 Å². The zero-order chi connectivity index (χ0) is 14.4. The van der Waals surface area contributed by atoms with Gasteiger partial charge in [0.1, 0.15) is 0 Å². The van der Waals surface area contributed by atoms with Crippen molar-refractivity contribution in [2.24, 2.45) is 5.92 Å². The van der Waals surface area contributed by atoms with Crippen LogP contribution in [0.25, 0.3) is 0 Å². The first-order valence-corrected chi connectivity index (χ1v) is 6.78. The molecule has 1 heterocycles. The lowest BCUT2D eigenvalue weighted by Gasteiger charge is -2.35. The Morgan fingerprint density at radius 2 is 2.15 bits per heavy atom. The molecule has 1 aromatic rings. The highest BCUT2D eigenvalue weighted by Gasteiger charge is 2.31. The molecule has 0 amide bonds. The van der Waals surface area contributed by atoms with E-state index in [0.717, 1.165) is 13.1 Å². The number of carbonyl (C=O) groups is 1. The van der Waals surface area contributed by atoms with Crippen LogP contribution in [0.15, 0.2) is 30.3 Å². The minimum Gasteiger partial charge on any atom is -0.481 e. The van der Waals surface area contributed by atoms with Crippen molar-refractivity contribution < 1.29 is 9.90 Å². The van der Waals surface area contributed by atoms with Crippen molar-refractivity contribution in [3.05, 3.63) is 35.9 Å². The fraction of sp³-hybridized carbons (Fsp3) is 0.467. The highest BCUT2D eigenvalue weighted by molar-refractivity contribution is 5.70. The van der Waals surface area contributed by atoms with Crippen LogP contribution >= 0.6 is 0 Å². The van der Waals surface area contributed by atoms with Gasteiger partial charge in [-0.2, -0.15) is 5.26 Å². The van der Waals surface area contributed by atoms with Gasteiger partial charge in [0, 0.05) is 25.7 Å². The maximum atomic E-state index is 11.2. The molecule has 1 saturated heterocycles. The largest absolute Gasteiger partial charge is 0.481 e. The second-order valence-corrected chi connectivity index (χ2v) is 5.19. The number of hydrogen-bond acceptors (Lipinski definition) is 4. The fourth-order valence-corrected chi connectivity index (χ4v) is 2.60. The maximum Gasteiger partial charge on any atom is 0.307 e. The molecule has 2 N–H and O–H groups in total. The Balaban J connectivity index is 1.92. The molecular weight excluding hydrogens is 254 g/mol. The van der Waals surface area contributed by atoms with Crippen LogP contribution in [0.3, 0.4) is 0 Å². The Kier molecular flexibility index (Phi) is 5.10. The van der Waals surface area contributed by atoms with Crippen molar-refractivity contribution in [2.45, 2.75) is 19.0 Å². The number of nitriles is 1. The zero-order valence-electron chi connectivity index (χ0n) is 11.3. The van der Waals surface area contributed by atoms with E-state index in [4.69, 9.17) is 5.26 Å². The summed E-state index contributed by atoms with van der Waals surface area (Å²) in [7, 11) is 0. The molecule has 106 valence electrons. The van der Waals surface area contributed by atoms with E-state index < -0.39 is 11.9 Å². The van der Waals surface area contributed by atoms with E-state index in [-0.39, 0.29) is 12.6 Å². The average molecular weight is 273 g/mol. The standard InChI is InChI=1S/C15H19N3O2/c16-6-7-18-10-13(15(19)20)8-14(11-18)17-9-12-4-2-1-3-5-12/h1-5,13-14,17H,7-11H2,(H,19,20). The molecule has 0 radical (unpaired) electrons. The van der Waals surface area contributed by atoms with Crippen LogP contribution in [0, 0.1) is 17.2 Å². The lowest BCUT2D eigenvalue weighted by atomic mass is 9.94. The average Bonchev–Trinajstić information content (AvgIpc) is 2.46. The van der Waals surface area contributed by atoms with Crippen LogP contribution < -0.4 is 5.32 Å². The Hall–Kier alpha value is -1.90. The molecular formula is C15H19N3O2. The molecule has 5 heteroatoms. The molecule has 1 aliphatic heterocycles. The van der Waals surface area contributed by atoms with E-state index in [9.17, 15) is 9.90 Å². The summed E-state index contributed by atoms with van der Waals surface area (Å²) >= 11 is 0. The van der Waals surface area contributed by atoms with Gasteiger partial charge in [0.05, 0.1) is 18.5 Å². The molecule has 0 bridgehead atoms. The van der Waals surface area contributed by atoms with E-state index in [1.54, 1.807) is 0 Å². The fourth-order valence-electron chi connectivity index (χ4n) is 2.60. The molecule has 0 spiro atoms. The Labute approximate surface area is 118 Å². The highest BCUT2D eigenvalue weighted by atomic mass is 16.4. The van der Waals surface area contributed by atoms with Crippen LogP contribution in [0.4, 0.5) is 0 Å². The third-order valence-electron chi connectivity index (χ3n) is 3.61. The smallest absolute Gasteiger partial charge is 0.307 e. The van der Waals surface area contributed by atoms with Crippen LogP contribution in [-0.4, -0.2) is 41.7 Å². The van der Waals surface area contributed by atoms with Crippen molar-refractivity contribution in [3.8, 4) is 6.07 Å². The summed E-state index contributed by atoms with van der Waals surface area (Å²) in [6, 6.07) is 12.2. The molecule has 2 rings (SSSR count). The predicted octanol–water partition coefficient (Wildman–Crippen LogP) is 1.07. The number of carboxylic acids is 1. The summed E-state index contributed by atoms with van der Waals surface area (Å²) in [5.41, 5.74) is 1.18. The lowest BCUT2D eigenvalue weighted by Crippen LogP contribution is -2.50. The number of rotatable bonds is 5. The highest BCUT2D eigenvalue weighted by Crippen LogP contribution is 2.17. The molecule has 5 nitrogen and oxygen atoms in total. The van der Waals surface area contributed by atoms with E-state index >= 15 is 0 Å². The van der Waals surface area contributed by atoms with E-state index in [0.29, 0.717) is 13.0 Å². The second-order valence-electron chi connectivity index (χ2n) is 5.19. The molecule has 0 saturated carbocycles. The van der Waals surface area contributed by atoms with Crippen molar-refractivity contribution in [2.75, 3.05) is 19.6 Å². The van der Waals surface area contributed by atoms with Crippen LogP contribution in [0.2, 0.25) is 0 Å². The van der Waals surface area contributed by atoms with E-state index in [1.165, 1.54) is 5.56 Å². The van der Waals surface area contributed by atoms with E-state index in [1.807, 2.05) is 35.2 Å². The zero-order valence-corrected chi connectivity index (χ0v) is 11.3. The van der Waals surface area contributed by atoms with Crippen LogP contribution in [-0.2, 0) is 11.3 Å². The molecule has 0 aromatic heterocycles. The lowest BCUT2D eigenvalue weighted by molar-refractivity contribution is -0.143. The van der Waals surface area contributed by atoms with Crippen molar-refractivity contribution >= 4 is 5.97 Å².